The minimum atomic E-state index is -0.106. The second-order valence-corrected chi connectivity index (χ2v) is 6.64. The number of nitrogens with zero attached hydrogens (tertiary/aromatic N) is 2. The molecule has 2 aromatic rings. The zero-order valence-corrected chi connectivity index (χ0v) is 15.0. The molecule has 132 valence electrons. The maximum Gasteiger partial charge on any atom is 0.255 e. The summed E-state index contributed by atoms with van der Waals surface area (Å²) < 4.78 is 5.83. The van der Waals surface area contributed by atoms with Gasteiger partial charge in [-0.3, -0.25) is 4.79 Å². The monoisotopic (exact) mass is 339 g/mol. The van der Waals surface area contributed by atoms with E-state index < -0.39 is 0 Å². The maximum atomic E-state index is 12.5. The molecule has 1 fully saturated rings. The SMILES string of the molecule is CN1CCOC(c2ccc(NC(=O)c3cccc(N(C)C)c3)cc2)C1. The van der Waals surface area contributed by atoms with Gasteiger partial charge in [0, 0.05) is 44.1 Å². The van der Waals surface area contributed by atoms with Crippen molar-refractivity contribution < 1.29 is 9.53 Å². The topological polar surface area (TPSA) is 44.8 Å². The fraction of sp³-hybridized carbons (Fsp3) is 0.350. The number of rotatable bonds is 4. The van der Waals surface area contributed by atoms with E-state index in [4.69, 9.17) is 4.74 Å². The molecule has 0 spiro atoms. The highest BCUT2D eigenvalue weighted by Gasteiger charge is 2.19. The molecule has 5 nitrogen and oxygen atoms in total. The second-order valence-electron chi connectivity index (χ2n) is 6.64. The highest BCUT2D eigenvalue weighted by molar-refractivity contribution is 6.04. The van der Waals surface area contributed by atoms with Gasteiger partial charge in [0.2, 0.25) is 0 Å². The Bertz CT molecular complexity index is 728. The van der Waals surface area contributed by atoms with Crippen LogP contribution >= 0.6 is 0 Å². The van der Waals surface area contributed by atoms with Crippen LogP contribution in [0.25, 0.3) is 0 Å². The average Bonchev–Trinajstić information content (AvgIpc) is 2.62. The Morgan fingerprint density at radius 2 is 1.96 bits per heavy atom. The maximum absolute atomic E-state index is 12.5. The third-order valence-corrected chi connectivity index (χ3v) is 4.43. The molecule has 1 amide bonds. The van der Waals surface area contributed by atoms with Crippen molar-refractivity contribution in [3.8, 4) is 0 Å². The highest BCUT2D eigenvalue weighted by atomic mass is 16.5. The lowest BCUT2D eigenvalue weighted by Crippen LogP contribution is -2.35. The van der Waals surface area contributed by atoms with Crippen LogP contribution in [0.4, 0.5) is 11.4 Å². The number of morpholine rings is 1. The molecule has 1 saturated heterocycles. The van der Waals surface area contributed by atoms with E-state index >= 15 is 0 Å². The number of amides is 1. The first-order valence-electron chi connectivity index (χ1n) is 8.52. The van der Waals surface area contributed by atoms with Gasteiger partial charge in [-0.15, -0.1) is 0 Å². The van der Waals surface area contributed by atoms with E-state index in [9.17, 15) is 4.79 Å². The van der Waals surface area contributed by atoms with Crippen LogP contribution in [0.5, 0.6) is 0 Å². The van der Waals surface area contributed by atoms with E-state index in [0.29, 0.717) is 5.56 Å². The van der Waals surface area contributed by atoms with Crippen LogP contribution in [0.15, 0.2) is 48.5 Å². The second kappa shape index (κ2) is 7.68. The van der Waals surface area contributed by atoms with Crippen molar-refractivity contribution in [2.45, 2.75) is 6.10 Å². The first-order valence-corrected chi connectivity index (χ1v) is 8.52. The molecule has 25 heavy (non-hydrogen) atoms. The Morgan fingerprint density at radius 1 is 1.20 bits per heavy atom. The fourth-order valence-electron chi connectivity index (χ4n) is 2.89. The summed E-state index contributed by atoms with van der Waals surface area (Å²) in [5, 5.41) is 2.95. The van der Waals surface area contributed by atoms with Crippen molar-refractivity contribution in [2.75, 3.05) is 51.1 Å². The van der Waals surface area contributed by atoms with Gasteiger partial charge in [-0.05, 0) is 42.9 Å². The third-order valence-electron chi connectivity index (χ3n) is 4.43. The minimum Gasteiger partial charge on any atom is -0.378 e. The molecular formula is C20H25N3O2. The summed E-state index contributed by atoms with van der Waals surface area (Å²) in [7, 11) is 6.02. The number of nitrogens with one attached hydrogen (secondary N) is 1. The van der Waals surface area contributed by atoms with Crippen molar-refractivity contribution in [1.82, 2.24) is 4.90 Å². The summed E-state index contributed by atoms with van der Waals surface area (Å²) in [6.07, 6.45) is 0.0975. The average molecular weight is 339 g/mol. The fourth-order valence-corrected chi connectivity index (χ4v) is 2.89. The van der Waals surface area contributed by atoms with Crippen molar-refractivity contribution in [3.63, 3.8) is 0 Å². The number of likely N-dealkylation sites (N-methyl/N-ethyl adjacent to an activating group) is 1. The van der Waals surface area contributed by atoms with Gasteiger partial charge in [-0.1, -0.05) is 18.2 Å². The molecular weight excluding hydrogens is 314 g/mol. The molecule has 3 rings (SSSR count). The molecule has 1 N–H and O–H groups in total. The van der Waals surface area contributed by atoms with E-state index in [-0.39, 0.29) is 12.0 Å². The zero-order chi connectivity index (χ0) is 17.8. The predicted molar refractivity (Wildman–Crippen MR) is 101 cm³/mol. The van der Waals surface area contributed by atoms with Gasteiger partial charge in [0.05, 0.1) is 12.7 Å². The highest BCUT2D eigenvalue weighted by Crippen LogP contribution is 2.23. The first kappa shape index (κ1) is 17.5. The number of hydrogen-bond donors (Lipinski definition) is 1. The number of ether oxygens (including phenoxy) is 1. The molecule has 5 heteroatoms. The van der Waals surface area contributed by atoms with Crippen LogP contribution in [-0.2, 0) is 4.74 Å². The van der Waals surface area contributed by atoms with E-state index in [1.807, 2.05) is 67.5 Å². The van der Waals surface area contributed by atoms with Crippen LogP contribution in [0, 0.1) is 0 Å². The van der Waals surface area contributed by atoms with Crippen LogP contribution < -0.4 is 10.2 Å². The van der Waals surface area contributed by atoms with Gasteiger partial charge in [-0.2, -0.15) is 0 Å². The predicted octanol–water partition coefficient (Wildman–Crippen LogP) is 3.01. The molecule has 1 heterocycles. The van der Waals surface area contributed by atoms with Crippen molar-refractivity contribution in [2.24, 2.45) is 0 Å². The van der Waals surface area contributed by atoms with Crippen LogP contribution in [-0.4, -0.2) is 51.6 Å². The zero-order valence-electron chi connectivity index (χ0n) is 15.0. The molecule has 0 radical (unpaired) electrons. The quantitative estimate of drug-likeness (QED) is 0.930. The van der Waals surface area contributed by atoms with E-state index in [2.05, 4.69) is 17.3 Å². The van der Waals surface area contributed by atoms with Gasteiger partial charge >= 0.3 is 0 Å². The number of hydrogen-bond acceptors (Lipinski definition) is 4. The van der Waals surface area contributed by atoms with Crippen molar-refractivity contribution in [1.29, 1.82) is 0 Å². The lowest BCUT2D eigenvalue weighted by molar-refractivity contribution is -0.0208. The summed E-state index contributed by atoms with van der Waals surface area (Å²) in [6.45, 7) is 2.61. The van der Waals surface area contributed by atoms with Crippen LogP contribution in [0.3, 0.4) is 0 Å². The van der Waals surface area contributed by atoms with Gasteiger partial charge in [0.1, 0.15) is 0 Å². The number of anilines is 2. The number of carbonyl (C=O) groups is 1. The molecule has 2 aromatic carbocycles. The van der Waals surface area contributed by atoms with Gasteiger partial charge < -0.3 is 19.9 Å². The molecule has 1 atom stereocenters. The molecule has 0 bridgehead atoms. The first-order chi connectivity index (χ1) is 12.0. The van der Waals surface area contributed by atoms with Gasteiger partial charge in [0.25, 0.3) is 5.91 Å². The lowest BCUT2D eigenvalue weighted by Gasteiger charge is -2.30. The van der Waals surface area contributed by atoms with E-state index in [1.54, 1.807) is 0 Å². The Labute approximate surface area is 149 Å². The van der Waals surface area contributed by atoms with E-state index in [0.717, 1.165) is 36.6 Å². The summed E-state index contributed by atoms with van der Waals surface area (Å²) in [5.41, 5.74) is 3.57. The van der Waals surface area contributed by atoms with Crippen molar-refractivity contribution in [3.05, 3.63) is 59.7 Å². The molecule has 1 aliphatic heterocycles. The largest absolute Gasteiger partial charge is 0.378 e. The Kier molecular flexibility index (Phi) is 5.36. The normalized spacial score (nSPS) is 18.0. The van der Waals surface area contributed by atoms with Crippen molar-refractivity contribution >= 4 is 17.3 Å². The summed E-state index contributed by atoms with van der Waals surface area (Å²) >= 11 is 0. The Morgan fingerprint density at radius 3 is 2.64 bits per heavy atom. The van der Waals surface area contributed by atoms with Gasteiger partial charge in [-0.25, -0.2) is 0 Å². The molecule has 1 unspecified atom stereocenters. The lowest BCUT2D eigenvalue weighted by atomic mass is 10.1. The molecule has 0 aliphatic carbocycles. The smallest absolute Gasteiger partial charge is 0.255 e. The third kappa shape index (κ3) is 4.38. The van der Waals surface area contributed by atoms with Gasteiger partial charge in [0.15, 0.2) is 0 Å². The Balaban J connectivity index is 1.67. The summed E-state index contributed by atoms with van der Waals surface area (Å²) in [5.74, 6) is -0.106. The molecule has 1 aliphatic rings. The standard InChI is InChI=1S/C20H25N3O2/c1-22(2)18-6-4-5-16(13-18)20(24)21-17-9-7-15(8-10-17)19-14-23(3)11-12-25-19/h4-10,13,19H,11-12,14H2,1-3H3,(H,21,24). The summed E-state index contributed by atoms with van der Waals surface area (Å²) in [4.78, 5) is 16.7. The number of benzene rings is 2. The van der Waals surface area contributed by atoms with Crippen LogP contribution in [0.1, 0.15) is 22.0 Å². The van der Waals surface area contributed by atoms with E-state index in [1.165, 1.54) is 0 Å². The molecule has 0 aromatic heterocycles. The number of carbonyl (C=O) groups excluding carboxylic acids is 1. The van der Waals surface area contributed by atoms with Crippen LogP contribution in [0.2, 0.25) is 0 Å². The minimum absolute atomic E-state index is 0.0975. The summed E-state index contributed by atoms with van der Waals surface area (Å²) in [6, 6.07) is 15.5. The Hall–Kier alpha value is -2.37. The molecule has 0 saturated carbocycles.